The number of morpholine rings is 1. The van der Waals surface area contributed by atoms with Crippen molar-refractivity contribution in [2.24, 2.45) is 0 Å². The summed E-state index contributed by atoms with van der Waals surface area (Å²) in [5.74, 6) is -0.00566. The molecular formula is C17H23FN4O3. The van der Waals surface area contributed by atoms with Crippen LogP contribution < -0.4 is 4.90 Å². The number of hydrogen-bond donors (Lipinski definition) is 0. The highest BCUT2D eigenvalue weighted by Crippen LogP contribution is 2.30. The number of rotatable bonds is 5. The minimum absolute atomic E-state index is 0.0291. The lowest BCUT2D eigenvalue weighted by atomic mass is 10.2. The Labute approximate surface area is 146 Å². The molecule has 2 atom stereocenters. The van der Waals surface area contributed by atoms with Crippen LogP contribution in [0.3, 0.4) is 0 Å². The molecule has 4 heterocycles. The summed E-state index contributed by atoms with van der Waals surface area (Å²) in [4.78, 5) is 22.3. The van der Waals surface area contributed by atoms with E-state index < -0.39 is 0 Å². The Morgan fingerprint density at radius 2 is 2.08 bits per heavy atom. The quantitative estimate of drug-likeness (QED) is 0.788. The van der Waals surface area contributed by atoms with E-state index in [0.717, 1.165) is 39.3 Å². The van der Waals surface area contributed by atoms with Crippen LogP contribution >= 0.6 is 0 Å². The van der Waals surface area contributed by atoms with Gasteiger partial charge in [0.15, 0.2) is 11.6 Å². The molecule has 0 bridgehead atoms. The summed E-state index contributed by atoms with van der Waals surface area (Å²) < 4.78 is 24.8. The molecule has 0 aliphatic carbocycles. The number of carbonyl (C=O) groups excluding carboxylic acids is 1. The molecule has 3 saturated heterocycles. The summed E-state index contributed by atoms with van der Waals surface area (Å²) in [7, 11) is 0. The summed E-state index contributed by atoms with van der Waals surface area (Å²) in [5.41, 5.74) is 0. The molecule has 136 valence electrons. The van der Waals surface area contributed by atoms with E-state index in [1.807, 2.05) is 4.90 Å². The molecule has 0 saturated carbocycles. The van der Waals surface area contributed by atoms with Crippen molar-refractivity contribution in [3.63, 3.8) is 0 Å². The van der Waals surface area contributed by atoms with E-state index in [-0.39, 0.29) is 24.1 Å². The van der Waals surface area contributed by atoms with Crippen LogP contribution in [0.25, 0.3) is 0 Å². The first-order valence-corrected chi connectivity index (χ1v) is 8.85. The highest BCUT2D eigenvalue weighted by atomic mass is 19.1. The maximum absolute atomic E-state index is 14.0. The van der Waals surface area contributed by atoms with E-state index >= 15 is 0 Å². The summed E-state index contributed by atoms with van der Waals surface area (Å²) in [6, 6.07) is 2.95. The van der Waals surface area contributed by atoms with Gasteiger partial charge in [-0.2, -0.15) is 0 Å². The second kappa shape index (κ2) is 7.13. The summed E-state index contributed by atoms with van der Waals surface area (Å²) in [6.07, 6.45) is 2.02. The molecule has 0 N–H and O–H groups in total. The Hall–Kier alpha value is -1.93. The van der Waals surface area contributed by atoms with E-state index in [4.69, 9.17) is 9.47 Å². The predicted octanol–water partition coefficient (Wildman–Crippen LogP) is 0.952. The van der Waals surface area contributed by atoms with E-state index in [0.29, 0.717) is 25.5 Å². The predicted molar refractivity (Wildman–Crippen MR) is 89.0 cm³/mol. The van der Waals surface area contributed by atoms with Gasteiger partial charge in [-0.15, -0.1) is 0 Å². The first kappa shape index (κ1) is 16.5. The van der Waals surface area contributed by atoms with Gasteiger partial charge in [-0.25, -0.2) is 14.2 Å². The lowest BCUT2D eigenvalue weighted by Gasteiger charge is -2.28. The average Bonchev–Trinajstić information content (AvgIpc) is 3.14. The number of carbonyl (C=O) groups is 1. The van der Waals surface area contributed by atoms with Crippen LogP contribution in [0.2, 0.25) is 0 Å². The zero-order valence-corrected chi connectivity index (χ0v) is 14.1. The molecule has 25 heavy (non-hydrogen) atoms. The number of fused-ring (bicyclic) bond motifs is 1. The second-order valence-corrected chi connectivity index (χ2v) is 6.70. The zero-order chi connectivity index (χ0) is 17.2. The van der Waals surface area contributed by atoms with Gasteiger partial charge < -0.3 is 14.4 Å². The fourth-order valence-corrected chi connectivity index (χ4v) is 3.83. The molecule has 0 aromatic carbocycles. The van der Waals surface area contributed by atoms with Gasteiger partial charge in [0.05, 0.1) is 25.8 Å². The van der Waals surface area contributed by atoms with Gasteiger partial charge in [0.25, 0.3) is 0 Å². The number of hydrogen-bond acceptors (Lipinski definition) is 6. The standard InChI is InChI=1S/C17H23FN4O3/c18-13-3-1-4-19-16(13)21-11-14-15(12-21)25-17(23)22(14)6-2-5-20-7-9-24-10-8-20/h1,3-4,14-15H,2,5-12H2/t14-,15+/m0/s1. The lowest BCUT2D eigenvalue weighted by Crippen LogP contribution is -2.41. The van der Waals surface area contributed by atoms with Gasteiger partial charge >= 0.3 is 6.09 Å². The van der Waals surface area contributed by atoms with Crippen molar-refractivity contribution < 1.29 is 18.7 Å². The third-order valence-corrected chi connectivity index (χ3v) is 5.14. The number of pyridine rings is 1. The number of amides is 1. The smallest absolute Gasteiger partial charge is 0.410 e. The van der Waals surface area contributed by atoms with Crippen molar-refractivity contribution in [3.8, 4) is 0 Å². The highest BCUT2D eigenvalue weighted by molar-refractivity contribution is 5.71. The van der Waals surface area contributed by atoms with E-state index in [9.17, 15) is 9.18 Å². The fraction of sp³-hybridized carbons (Fsp3) is 0.647. The molecule has 1 aromatic rings. The molecule has 3 aliphatic heterocycles. The lowest BCUT2D eigenvalue weighted by molar-refractivity contribution is 0.0363. The second-order valence-electron chi connectivity index (χ2n) is 6.70. The van der Waals surface area contributed by atoms with Crippen LogP contribution in [0.1, 0.15) is 6.42 Å². The molecule has 8 heteroatoms. The normalized spacial score (nSPS) is 26.8. The van der Waals surface area contributed by atoms with Gasteiger partial charge in [0, 0.05) is 38.9 Å². The van der Waals surface area contributed by atoms with Crippen molar-refractivity contribution in [1.29, 1.82) is 0 Å². The maximum Gasteiger partial charge on any atom is 0.410 e. The Balaban J connectivity index is 1.34. The number of ether oxygens (including phenoxy) is 2. The van der Waals surface area contributed by atoms with Crippen molar-refractivity contribution in [2.45, 2.75) is 18.6 Å². The third kappa shape index (κ3) is 3.41. The van der Waals surface area contributed by atoms with Crippen LogP contribution in [0.4, 0.5) is 15.0 Å². The van der Waals surface area contributed by atoms with Gasteiger partial charge in [-0.3, -0.25) is 9.80 Å². The first-order valence-electron chi connectivity index (χ1n) is 8.85. The maximum atomic E-state index is 14.0. The van der Waals surface area contributed by atoms with Gasteiger partial charge in [-0.1, -0.05) is 0 Å². The minimum atomic E-state index is -0.340. The zero-order valence-electron chi connectivity index (χ0n) is 14.1. The molecule has 7 nitrogen and oxygen atoms in total. The molecular weight excluding hydrogens is 327 g/mol. The van der Waals surface area contributed by atoms with Crippen molar-refractivity contribution in [2.75, 3.05) is 57.4 Å². The van der Waals surface area contributed by atoms with Gasteiger partial charge in [0.2, 0.25) is 0 Å². The number of nitrogens with zero attached hydrogens (tertiary/aromatic N) is 4. The van der Waals surface area contributed by atoms with E-state index in [1.165, 1.54) is 6.07 Å². The Morgan fingerprint density at radius 3 is 2.88 bits per heavy atom. The SMILES string of the molecule is O=C1O[C@@H]2CN(c3ncccc3F)C[C@@H]2N1CCCN1CCOCC1. The molecule has 1 aromatic heterocycles. The van der Waals surface area contributed by atoms with Crippen LogP contribution in [0.5, 0.6) is 0 Å². The van der Waals surface area contributed by atoms with Gasteiger partial charge in [0.1, 0.15) is 6.10 Å². The molecule has 1 amide bonds. The number of anilines is 1. The monoisotopic (exact) mass is 350 g/mol. The Morgan fingerprint density at radius 1 is 1.24 bits per heavy atom. The van der Waals surface area contributed by atoms with Crippen LogP contribution in [-0.4, -0.2) is 85.5 Å². The fourth-order valence-electron chi connectivity index (χ4n) is 3.83. The van der Waals surface area contributed by atoms with E-state index in [2.05, 4.69) is 9.88 Å². The summed E-state index contributed by atoms with van der Waals surface area (Å²) >= 11 is 0. The van der Waals surface area contributed by atoms with Gasteiger partial charge in [-0.05, 0) is 18.6 Å². The molecule has 0 unspecified atom stereocenters. The number of aromatic nitrogens is 1. The first-order chi connectivity index (χ1) is 12.2. The average molecular weight is 350 g/mol. The number of halogens is 1. The molecule has 3 aliphatic rings. The molecule has 0 spiro atoms. The van der Waals surface area contributed by atoms with Crippen molar-refractivity contribution in [3.05, 3.63) is 24.1 Å². The van der Waals surface area contributed by atoms with Crippen LogP contribution in [0.15, 0.2) is 18.3 Å². The molecule has 0 radical (unpaired) electrons. The summed E-state index contributed by atoms with van der Waals surface area (Å²) in [5, 5.41) is 0. The third-order valence-electron chi connectivity index (χ3n) is 5.14. The topological polar surface area (TPSA) is 58.1 Å². The van der Waals surface area contributed by atoms with Crippen LogP contribution in [-0.2, 0) is 9.47 Å². The molecule has 4 rings (SSSR count). The summed E-state index contributed by atoms with van der Waals surface area (Å²) in [6.45, 7) is 6.11. The van der Waals surface area contributed by atoms with Crippen molar-refractivity contribution >= 4 is 11.9 Å². The Bertz CT molecular complexity index is 626. The van der Waals surface area contributed by atoms with E-state index in [1.54, 1.807) is 17.2 Å². The molecule has 3 fully saturated rings. The van der Waals surface area contributed by atoms with Crippen LogP contribution in [0, 0.1) is 5.82 Å². The Kier molecular flexibility index (Phi) is 4.72. The highest BCUT2D eigenvalue weighted by Gasteiger charge is 2.48. The largest absolute Gasteiger partial charge is 0.442 e. The minimum Gasteiger partial charge on any atom is -0.442 e. The van der Waals surface area contributed by atoms with Crippen molar-refractivity contribution in [1.82, 2.24) is 14.8 Å².